The predicted octanol–water partition coefficient (Wildman–Crippen LogP) is 3.41. The van der Waals surface area contributed by atoms with E-state index in [1.54, 1.807) is 18.2 Å². The maximum absolute atomic E-state index is 12.8. The lowest BCUT2D eigenvalue weighted by Crippen LogP contribution is -1.99. The number of ketones is 1. The fourth-order valence-corrected chi connectivity index (χ4v) is 1.05. The molecule has 0 amide bonds. The molecule has 4 heteroatoms. The van der Waals surface area contributed by atoms with Crippen molar-refractivity contribution in [1.82, 2.24) is 0 Å². The molecule has 0 atom stereocenters. The first-order valence-electron chi connectivity index (χ1n) is 3.43. The molecule has 68 valence electrons. The minimum absolute atomic E-state index is 0.145. The monoisotopic (exact) mass is 294 g/mol. The molecule has 0 spiro atoms. The summed E-state index contributed by atoms with van der Waals surface area (Å²) in [5.41, 5.74) is 0.145. The summed E-state index contributed by atoms with van der Waals surface area (Å²) >= 11 is 1.13. The third-order valence-electron chi connectivity index (χ3n) is 1.40. The van der Waals surface area contributed by atoms with Crippen molar-refractivity contribution in [3.05, 3.63) is 45.6 Å². The highest BCUT2D eigenvalue weighted by Gasteiger charge is 2.15. The lowest BCUT2D eigenvalue weighted by atomic mass is 10.1. The van der Waals surface area contributed by atoms with Crippen molar-refractivity contribution in [2.75, 3.05) is 0 Å². The second-order valence-corrected chi connectivity index (χ2v) is 3.22. The van der Waals surface area contributed by atoms with E-state index < -0.39 is 15.4 Å². The van der Waals surface area contributed by atoms with Crippen LogP contribution in [0.15, 0.2) is 40.0 Å². The minimum Gasteiger partial charge on any atom is -0.286 e. The van der Waals surface area contributed by atoms with Gasteiger partial charge in [0, 0.05) is 5.56 Å². The average molecular weight is 294 g/mol. The summed E-state index contributed by atoms with van der Waals surface area (Å²) in [6, 6.07) is 7.74. The summed E-state index contributed by atoms with van der Waals surface area (Å²) < 4.78 is 23.9. The Morgan fingerprint density at radius 1 is 1.15 bits per heavy atom. The zero-order valence-electron chi connectivity index (χ0n) is 6.43. The molecule has 0 aromatic heterocycles. The molecule has 0 radical (unpaired) electrons. The Morgan fingerprint density at radius 2 is 1.69 bits per heavy atom. The first-order valence-corrected chi connectivity index (χ1v) is 4.51. The summed E-state index contributed by atoms with van der Waals surface area (Å²) in [5.74, 6) is -2.26. The molecule has 0 saturated carbocycles. The quantitative estimate of drug-likeness (QED) is 0.464. The van der Waals surface area contributed by atoms with Gasteiger partial charge in [-0.1, -0.05) is 30.3 Å². The van der Waals surface area contributed by atoms with Crippen LogP contribution in [0.5, 0.6) is 0 Å². The van der Waals surface area contributed by atoms with Crippen LogP contribution in [-0.4, -0.2) is 5.78 Å². The van der Waals surface area contributed by atoms with E-state index in [1.165, 1.54) is 12.1 Å². The predicted molar refractivity (Wildman–Crippen MR) is 54.0 cm³/mol. The summed E-state index contributed by atoms with van der Waals surface area (Å²) in [7, 11) is 0. The van der Waals surface area contributed by atoms with E-state index in [9.17, 15) is 13.6 Å². The Hall–Kier alpha value is -0.780. The van der Waals surface area contributed by atoms with Crippen LogP contribution in [0.25, 0.3) is 0 Å². The number of allylic oxidation sites excluding steroid dienone is 1. The van der Waals surface area contributed by atoms with Crippen molar-refractivity contribution in [2.45, 2.75) is 0 Å². The molecule has 1 aromatic rings. The van der Waals surface area contributed by atoms with Crippen molar-refractivity contribution >= 4 is 28.4 Å². The van der Waals surface area contributed by atoms with Gasteiger partial charge >= 0.3 is 0 Å². The van der Waals surface area contributed by atoms with Gasteiger partial charge < -0.3 is 0 Å². The molecule has 1 rings (SSSR count). The van der Waals surface area contributed by atoms with Crippen LogP contribution in [0.2, 0.25) is 0 Å². The first kappa shape index (κ1) is 10.3. The van der Waals surface area contributed by atoms with Gasteiger partial charge in [0.15, 0.2) is 3.83 Å². The van der Waals surface area contributed by atoms with Gasteiger partial charge in [0.1, 0.15) is 0 Å². The lowest BCUT2D eigenvalue weighted by molar-refractivity contribution is 0.100. The van der Waals surface area contributed by atoms with Crippen molar-refractivity contribution in [1.29, 1.82) is 0 Å². The van der Waals surface area contributed by atoms with Crippen LogP contribution < -0.4 is 0 Å². The molecular weight excluding hydrogens is 289 g/mol. The molecule has 0 aliphatic carbocycles. The number of carbonyl (C=O) groups excluding carboxylic acids is 1. The Kier molecular flexibility index (Phi) is 3.53. The lowest BCUT2D eigenvalue weighted by Gasteiger charge is -1.96. The summed E-state index contributed by atoms with van der Waals surface area (Å²) in [4.78, 5) is 11.1. The van der Waals surface area contributed by atoms with Crippen LogP contribution in [0.3, 0.4) is 0 Å². The fraction of sp³-hybridized carbons (Fsp3) is 0. The molecular formula is C9H5F2IO. The molecule has 0 saturated heterocycles. The molecule has 0 aliphatic rings. The summed E-state index contributed by atoms with van der Waals surface area (Å²) in [6.07, 6.45) is 0. The van der Waals surface area contributed by atoms with E-state index in [0.717, 1.165) is 22.6 Å². The molecule has 1 aromatic carbocycles. The van der Waals surface area contributed by atoms with Gasteiger partial charge in [-0.05, 0) is 22.6 Å². The third kappa shape index (κ3) is 2.58. The van der Waals surface area contributed by atoms with E-state index in [-0.39, 0.29) is 5.56 Å². The smallest absolute Gasteiger partial charge is 0.224 e. The standard InChI is InChI=1S/C9H5F2IO/c10-7(9(11)12)8(13)6-4-2-1-3-5-6/h1-5H/b9-7-. The van der Waals surface area contributed by atoms with Crippen molar-refractivity contribution < 1.29 is 13.6 Å². The van der Waals surface area contributed by atoms with Gasteiger partial charge in [0.05, 0.1) is 0 Å². The normalized spacial score (nSPS) is 12.2. The topological polar surface area (TPSA) is 17.1 Å². The van der Waals surface area contributed by atoms with Crippen LogP contribution in [0.1, 0.15) is 10.4 Å². The highest BCUT2D eigenvalue weighted by Crippen LogP contribution is 2.19. The number of rotatable bonds is 2. The highest BCUT2D eigenvalue weighted by molar-refractivity contribution is 14.1. The zero-order valence-corrected chi connectivity index (χ0v) is 8.59. The summed E-state index contributed by atoms with van der Waals surface area (Å²) in [6.45, 7) is 0. The number of benzene rings is 1. The third-order valence-corrected chi connectivity index (χ3v) is 1.87. The van der Waals surface area contributed by atoms with E-state index in [2.05, 4.69) is 0 Å². The maximum atomic E-state index is 12.8. The second-order valence-electron chi connectivity index (χ2n) is 2.27. The molecule has 0 fully saturated rings. The van der Waals surface area contributed by atoms with E-state index in [1.807, 2.05) is 0 Å². The number of Topliss-reactive ketones (excluding diaryl/α,β-unsaturated/α-hetero) is 1. The number of hydrogen-bond acceptors (Lipinski definition) is 1. The molecule has 0 bridgehead atoms. The van der Waals surface area contributed by atoms with Gasteiger partial charge in [0.2, 0.25) is 11.6 Å². The average Bonchev–Trinajstić information content (AvgIpc) is 2.17. The minimum atomic E-state index is -1.34. The molecule has 0 aliphatic heterocycles. The van der Waals surface area contributed by atoms with Crippen molar-refractivity contribution in [3.63, 3.8) is 0 Å². The Morgan fingerprint density at radius 3 is 2.15 bits per heavy atom. The van der Waals surface area contributed by atoms with Gasteiger partial charge in [-0.25, -0.2) is 0 Å². The van der Waals surface area contributed by atoms with Crippen molar-refractivity contribution in [3.8, 4) is 0 Å². The van der Waals surface area contributed by atoms with Crippen LogP contribution in [0, 0.1) is 0 Å². The van der Waals surface area contributed by atoms with Crippen LogP contribution >= 0.6 is 22.6 Å². The summed E-state index contributed by atoms with van der Waals surface area (Å²) in [5, 5.41) is 0. The maximum Gasteiger partial charge on any atom is 0.224 e. The zero-order chi connectivity index (χ0) is 9.84. The van der Waals surface area contributed by atoms with E-state index >= 15 is 0 Å². The second kappa shape index (κ2) is 4.45. The Balaban J connectivity index is 3.00. The highest BCUT2D eigenvalue weighted by atomic mass is 127. The fourth-order valence-electron chi connectivity index (χ4n) is 0.802. The van der Waals surface area contributed by atoms with Crippen LogP contribution in [0.4, 0.5) is 8.78 Å². The number of hydrogen-bond donors (Lipinski definition) is 0. The molecule has 1 nitrogen and oxygen atoms in total. The molecule has 0 N–H and O–H groups in total. The van der Waals surface area contributed by atoms with Crippen LogP contribution in [-0.2, 0) is 0 Å². The van der Waals surface area contributed by atoms with E-state index in [0.29, 0.717) is 0 Å². The molecule has 0 heterocycles. The SMILES string of the molecule is O=C(/C(F)=C(\F)I)c1ccccc1. The number of carbonyl (C=O) groups is 1. The van der Waals surface area contributed by atoms with Gasteiger partial charge in [0.25, 0.3) is 0 Å². The van der Waals surface area contributed by atoms with E-state index in [4.69, 9.17) is 0 Å². The van der Waals surface area contributed by atoms with Crippen molar-refractivity contribution in [2.24, 2.45) is 0 Å². The number of halogens is 3. The first-order chi connectivity index (χ1) is 6.13. The van der Waals surface area contributed by atoms with Gasteiger partial charge in [-0.3, -0.25) is 4.79 Å². The Labute approximate surface area is 87.6 Å². The largest absolute Gasteiger partial charge is 0.286 e. The molecule has 13 heavy (non-hydrogen) atoms. The van der Waals surface area contributed by atoms with Gasteiger partial charge in [-0.15, -0.1) is 0 Å². The van der Waals surface area contributed by atoms with Gasteiger partial charge in [-0.2, -0.15) is 8.78 Å². The molecule has 0 unspecified atom stereocenters. The Bertz CT molecular complexity index is 342.